The average molecular weight is 227 g/mol. The summed E-state index contributed by atoms with van der Waals surface area (Å²) in [7, 11) is 0. The normalized spacial score (nSPS) is 11.1. The molecule has 0 aliphatic carbocycles. The Hall–Kier alpha value is -1.09. The van der Waals surface area contributed by atoms with Crippen molar-refractivity contribution in [3.05, 3.63) is 29.8 Å². The highest BCUT2D eigenvalue weighted by molar-refractivity contribution is 6.16. The zero-order valence-corrected chi connectivity index (χ0v) is 9.26. The molecule has 0 unspecified atom stereocenters. The number of nitrogens with zero attached hydrogens (tertiary/aromatic N) is 2. The second kappa shape index (κ2) is 4.19. The van der Waals surface area contributed by atoms with Gasteiger partial charge in [0, 0.05) is 12.6 Å². The molecule has 0 atom stereocenters. The van der Waals surface area contributed by atoms with E-state index in [0.717, 1.165) is 24.3 Å². The molecule has 0 bridgehead atoms. The lowest BCUT2D eigenvalue weighted by Crippen LogP contribution is -2.01. The highest BCUT2D eigenvalue weighted by Gasteiger charge is 2.09. The number of fused-ring (bicyclic) bond motifs is 1. The number of alkyl halides is 1. The molecular weight excluding hydrogens is 215 g/mol. The van der Waals surface area contributed by atoms with E-state index in [-0.39, 0.29) is 5.82 Å². The molecule has 0 amide bonds. The van der Waals surface area contributed by atoms with Gasteiger partial charge in [-0.25, -0.2) is 9.37 Å². The molecule has 15 heavy (non-hydrogen) atoms. The van der Waals surface area contributed by atoms with Crippen molar-refractivity contribution in [2.75, 3.05) is 0 Å². The van der Waals surface area contributed by atoms with Gasteiger partial charge < -0.3 is 4.57 Å². The second-order valence-electron chi connectivity index (χ2n) is 3.45. The van der Waals surface area contributed by atoms with Gasteiger partial charge in [0.15, 0.2) is 0 Å². The minimum absolute atomic E-state index is 0.259. The number of hydrogen-bond acceptors (Lipinski definition) is 1. The van der Waals surface area contributed by atoms with Crippen LogP contribution < -0.4 is 0 Å². The van der Waals surface area contributed by atoms with Crippen LogP contribution in [-0.4, -0.2) is 9.55 Å². The van der Waals surface area contributed by atoms with Crippen LogP contribution in [0.15, 0.2) is 18.2 Å². The van der Waals surface area contributed by atoms with Gasteiger partial charge in [0.1, 0.15) is 11.6 Å². The Morgan fingerprint density at radius 2 is 2.27 bits per heavy atom. The van der Waals surface area contributed by atoms with E-state index in [4.69, 9.17) is 11.6 Å². The summed E-state index contributed by atoms with van der Waals surface area (Å²) in [4.78, 5) is 4.30. The van der Waals surface area contributed by atoms with E-state index in [0.29, 0.717) is 11.4 Å². The quantitative estimate of drug-likeness (QED) is 0.735. The molecule has 0 aliphatic rings. The predicted octanol–water partition coefficient (Wildman–Crippen LogP) is 3.32. The highest BCUT2D eigenvalue weighted by atomic mass is 35.5. The van der Waals surface area contributed by atoms with E-state index in [1.807, 2.05) is 4.57 Å². The van der Waals surface area contributed by atoms with Gasteiger partial charge in [-0.1, -0.05) is 6.92 Å². The number of benzene rings is 1. The second-order valence-corrected chi connectivity index (χ2v) is 3.71. The standard InChI is InChI=1S/C11H12ClFN2/c1-2-5-15-10-4-3-8(13)6-9(10)14-11(15)7-12/h3-4,6H,2,5,7H2,1H3. The number of hydrogen-bond donors (Lipinski definition) is 0. The minimum atomic E-state index is -0.259. The van der Waals surface area contributed by atoms with Crippen molar-refractivity contribution in [1.29, 1.82) is 0 Å². The number of rotatable bonds is 3. The van der Waals surface area contributed by atoms with E-state index >= 15 is 0 Å². The molecule has 0 N–H and O–H groups in total. The fourth-order valence-corrected chi connectivity index (χ4v) is 1.93. The maximum absolute atomic E-state index is 13.0. The third-order valence-electron chi connectivity index (χ3n) is 2.36. The van der Waals surface area contributed by atoms with Crippen LogP contribution in [0.25, 0.3) is 11.0 Å². The summed E-state index contributed by atoms with van der Waals surface area (Å²) < 4.78 is 15.0. The zero-order chi connectivity index (χ0) is 10.8. The maximum Gasteiger partial charge on any atom is 0.125 e. The third-order valence-corrected chi connectivity index (χ3v) is 2.60. The molecule has 4 heteroatoms. The van der Waals surface area contributed by atoms with E-state index in [1.165, 1.54) is 12.1 Å². The van der Waals surface area contributed by atoms with Gasteiger partial charge in [-0.05, 0) is 18.6 Å². The van der Waals surface area contributed by atoms with Crippen molar-refractivity contribution in [3.8, 4) is 0 Å². The van der Waals surface area contributed by atoms with Crippen molar-refractivity contribution in [3.63, 3.8) is 0 Å². The molecule has 0 aliphatic heterocycles. The highest BCUT2D eigenvalue weighted by Crippen LogP contribution is 2.19. The smallest absolute Gasteiger partial charge is 0.125 e. The Balaban J connectivity index is 2.63. The van der Waals surface area contributed by atoms with Gasteiger partial charge in [0.05, 0.1) is 16.9 Å². The van der Waals surface area contributed by atoms with Crippen molar-refractivity contribution in [2.24, 2.45) is 0 Å². The van der Waals surface area contributed by atoms with Crippen molar-refractivity contribution in [1.82, 2.24) is 9.55 Å². The topological polar surface area (TPSA) is 17.8 Å². The first-order valence-corrected chi connectivity index (χ1v) is 5.50. The van der Waals surface area contributed by atoms with Crippen LogP contribution in [0.1, 0.15) is 19.2 Å². The van der Waals surface area contributed by atoms with Gasteiger partial charge >= 0.3 is 0 Å². The molecule has 1 aromatic carbocycles. The summed E-state index contributed by atoms with van der Waals surface area (Å²) in [6, 6.07) is 4.65. The summed E-state index contributed by atoms with van der Waals surface area (Å²) in [6.07, 6.45) is 1.01. The predicted molar refractivity (Wildman–Crippen MR) is 59.5 cm³/mol. The average Bonchev–Trinajstić information content (AvgIpc) is 2.56. The summed E-state index contributed by atoms with van der Waals surface area (Å²) in [5.74, 6) is 0.903. The molecule has 0 radical (unpaired) electrons. The SMILES string of the molecule is CCCn1c(CCl)nc2cc(F)ccc21. The van der Waals surface area contributed by atoms with Crippen LogP contribution in [0.4, 0.5) is 4.39 Å². The Kier molecular flexibility index (Phi) is 2.91. The Morgan fingerprint density at radius 1 is 1.47 bits per heavy atom. The minimum Gasteiger partial charge on any atom is -0.327 e. The lowest BCUT2D eigenvalue weighted by atomic mass is 10.3. The number of halogens is 2. The first-order valence-electron chi connectivity index (χ1n) is 4.97. The molecule has 0 fully saturated rings. The molecule has 2 rings (SSSR count). The molecule has 1 aromatic heterocycles. The Labute approximate surface area is 92.7 Å². The largest absolute Gasteiger partial charge is 0.327 e. The van der Waals surface area contributed by atoms with E-state index in [1.54, 1.807) is 6.07 Å². The van der Waals surface area contributed by atoms with Crippen LogP contribution in [0.2, 0.25) is 0 Å². The fourth-order valence-electron chi connectivity index (χ4n) is 1.73. The van der Waals surface area contributed by atoms with E-state index in [2.05, 4.69) is 11.9 Å². The first kappa shape index (κ1) is 10.4. The van der Waals surface area contributed by atoms with Gasteiger partial charge in [0.25, 0.3) is 0 Å². The monoisotopic (exact) mass is 226 g/mol. The summed E-state index contributed by atoms with van der Waals surface area (Å²) >= 11 is 5.80. The van der Waals surface area contributed by atoms with Crippen molar-refractivity contribution >= 4 is 22.6 Å². The maximum atomic E-state index is 13.0. The summed E-state index contributed by atoms with van der Waals surface area (Å²) in [5.41, 5.74) is 1.63. The van der Waals surface area contributed by atoms with Crippen molar-refractivity contribution in [2.45, 2.75) is 25.8 Å². The van der Waals surface area contributed by atoms with Crippen LogP contribution in [0.3, 0.4) is 0 Å². The molecule has 1 heterocycles. The number of aromatic nitrogens is 2. The van der Waals surface area contributed by atoms with E-state index < -0.39 is 0 Å². The summed E-state index contributed by atoms with van der Waals surface area (Å²) in [6.45, 7) is 2.96. The number of imidazole rings is 1. The van der Waals surface area contributed by atoms with Gasteiger partial charge in [-0.2, -0.15) is 0 Å². The van der Waals surface area contributed by atoms with Crippen LogP contribution >= 0.6 is 11.6 Å². The molecule has 0 saturated carbocycles. The molecule has 2 nitrogen and oxygen atoms in total. The molecular formula is C11H12ClFN2. The van der Waals surface area contributed by atoms with E-state index in [9.17, 15) is 4.39 Å². The third kappa shape index (κ3) is 1.84. The van der Waals surface area contributed by atoms with Gasteiger partial charge in [-0.15, -0.1) is 11.6 Å². The Morgan fingerprint density at radius 3 is 2.93 bits per heavy atom. The molecule has 2 aromatic rings. The van der Waals surface area contributed by atoms with Gasteiger partial charge in [0.2, 0.25) is 0 Å². The van der Waals surface area contributed by atoms with Crippen molar-refractivity contribution < 1.29 is 4.39 Å². The number of aryl methyl sites for hydroxylation is 1. The molecule has 80 valence electrons. The first-order chi connectivity index (χ1) is 7.26. The van der Waals surface area contributed by atoms with Crippen LogP contribution in [-0.2, 0) is 12.4 Å². The fraction of sp³-hybridized carbons (Fsp3) is 0.364. The molecule has 0 saturated heterocycles. The van der Waals surface area contributed by atoms with Gasteiger partial charge in [-0.3, -0.25) is 0 Å². The van der Waals surface area contributed by atoms with Crippen LogP contribution in [0.5, 0.6) is 0 Å². The Bertz CT molecular complexity index is 479. The molecule has 0 spiro atoms. The summed E-state index contributed by atoms with van der Waals surface area (Å²) in [5, 5.41) is 0. The lowest BCUT2D eigenvalue weighted by molar-refractivity contribution is 0.629. The lowest BCUT2D eigenvalue weighted by Gasteiger charge is -2.04. The van der Waals surface area contributed by atoms with Crippen LogP contribution in [0, 0.1) is 5.82 Å². The zero-order valence-electron chi connectivity index (χ0n) is 8.50.